The van der Waals surface area contributed by atoms with Crippen molar-refractivity contribution in [2.45, 2.75) is 63.7 Å². The van der Waals surface area contributed by atoms with E-state index in [0.29, 0.717) is 5.57 Å². The summed E-state index contributed by atoms with van der Waals surface area (Å²) in [7, 11) is 0. The van der Waals surface area contributed by atoms with Crippen molar-refractivity contribution in [2.75, 3.05) is 11.5 Å². The third-order valence-electron chi connectivity index (χ3n) is 6.42. The predicted octanol–water partition coefficient (Wildman–Crippen LogP) is 3.27. The SMILES string of the molecule is CC(C)(C)OC(=O)C(C)(C)O/N=C(/C(=O)NC1C(=O)N2C(C(=O)O)=C(Cc3cc(Cl)c(O)c(O)c3Cl)CS[C@H]12)c1csc(N)n1. The molecule has 18 heteroatoms. The van der Waals surface area contributed by atoms with Gasteiger partial charge in [0, 0.05) is 11.1 Å². The Balaban J connectivity index is 1.57. The number of nitrogens with zero attached hydrogens (tertiary/aromatic N) is 3. The Morgan fingerprint density at radius 3 is 2.44 bits per heavy atom. The number of β-lactam (4-membered cyclic amide) rings is 1. The topological polar surface area (TPSA) is 214 Å². The molecule has 1 unspecified atom stereocenters. The molecule has 2 amide bonds. The molecule has 1 saturated heterocycles. The van der Waals surface area contributed by atoms with Crippen LogP contribution in [0.3, 0.4) is 0 Å². The minimum absolute atomic E-state index is 0.0241. The zero-order valence-corrected chi connectivity index (χ0v) is 27.7. The lowest BCUT2D eigenvalue weighted by Gasteiger charge is -2.49. The van der Waals surface area contributed by atoms with Gasteiger partial charge >= 0.3 is 11.9 Å². The maximum absolute atomic E-state index is 13.4. The number of anilines is 1. The molecule has 1 fully saturated rings. The second kappa shape index (κ2) is 12.6. The average Bonchev–Trinajstić information content (AvgIpc) is 3.37. The number of halogens is 2. The Morgan fingerprint density at radius 1 is 1.20 bits per heavy atom. The van der Waals surface area contributed by atoms with Gasteiger partial charge in [0.05, 0.1) is 10.0 Å². The monoisotopic (exact) mass is 701 g/mol. The number of aromatic nitrogens is 1. The number of aliphatic carboxylic acids is 1. The number of nitrogens with one attached hydrogen (secondary N) is 1. The maximum atomic E-state index is 13.4. The quantitative estimate of drug-likeness (QED) is 0.0838. The van der Waals surface area contributed by atoms with Gasteiger partial charge in [-0.05, 0) is 58.2 Å². The van der Waals surface area contributed by atoms with Gasteiger partial charge < -0.3 is 35.9 Å². The summed E-state index contributed by atoms with van der Waals surface area (Å²) >= 11 is 14.3. The van der Waals surface area contributed by atoms with Crippen LogP contribution in [0.1, 0.15) is 45.9 Å². The molecule has 1 aromatic heterocycles. The van der Waals surface area contributed by atoms with Crippen molar-refractivity contribution in [3.63, 3.8) is 0 Å². The Morgan fingerprint density at radius 2 is 1.87 bits per heavy atom. The minimum atomic E-state index is -1.61. The number of carboxylic acid groups (broad SMARTS) is 1. The van der Waals surface area contributed by atoms with Gasteiger partial charge in [0.1, 0.15) is 28.4 Å². The van der Waals surface area contributed by atoms with Crippen LogP contribution in [0.5, 0.6) is 11.5 Å². The molecule has 2 aliphatic heterocycles. The molecule has 0 bridgehead atoms. The Kier molecular flexibility index (Phi) is 9.54. The third-order valence-corrected chi connectivity index (χ3v) is 9.14. The third kappa shape index (κ3) is 7.08. The van der Waals surface area contributed by atoms with E-state index in [2.05, 4.69) is 15.5 Å². The van der Waals surface area contributed by atoms with E-state index in [1.807, 2.05) is 0 Å². The number of carbonyl (C=O) groups excluding carboxylic acids is 3. The summed E-state index contributed by atoms with van der Waals surface area (Å²) in [6.45, 7) is 7.85. The number of hydrogen-bond donors (Lipinski definition) is 5. The predicted molar refractivity (Wildman–Crippen MR) is 167 cm³/mol. The zero-order valence-electron chi connectivity index (χ0n) is 24.5. The normalized spacial score (nSPS) is 18.7. The number of aromatic hydroxyl groups is 2. The second-order valence-electron chi connectivity index (χ2n) is 11.4. The van der Waals surface area contributed by atoms with Crippen LogP contribution < -0.4 is 11.1 Å². The molecule has 4 rings (SSSR count). The lowest BCUT2D eigenvalue weighted by Crippen LogP contribution is -2.71. The Hall–Kier alpha value is -3.73. The van der Waals surface area contributed by atoms with E-state index in [9.17, 15) is 34.5 Å². The summed E-state index contributed by atoms with van der Waals surface area (Å²) in [5, 5.41) is 36.7. The van der Waals surface area contributed by atoms with Gasteiger partial charge in [-0.1, -0.05) is 28.4 Å². The molecule has 45 heavy (non-hydrogen) atoms. The molecule has 242 valence electrons. The number of thiazole rings is 1. The number of phenols is 2. The van der Waals surface area contributed by atoms with E-state index in [-0.39, 0.29) is 50.0 Å². The fourth-order valence-corrected chi connectivity index (χ4v) is 6.57. The number of benzene rings is 1. The number of phenolic OH excluding ortho intramolecular Hbond substituents is 2. The van der Waals surface area contributed by atoms with Crippen LogP contribution in [0.25, 0.3) is 0 Å². The first-order chi connectivity index (χ1) is 20.8. The van der Waals surface area contributed by atoms with Crippen LogP contribution in [-0.4, -0.2) is 83.0 Å². The lowest BCUT2D eigenvalue weighted by molar-refractivity contribution is -0.179. The number of carbonyl (C=O) groups is 4. The molecule has 1 aromatic carbocycles. The molecule has 2 atom stereocenters. The van der Waals surface area contributed by atoms with Crippen molar-refractivity contribution < 1.29 is 44.1 Å². The number of fused-ring (bicyclic) bond motifs is 1. The highest BCUT2D eigenvalue weighted by Gasteiger charge is 2.54. The number of oxime groups is 1. The number of thioether (sulfide) groups is 1. The van der Waals surface area contributed by atoms with E-state index >= 15 is 0 Å². The van der Waals surface area contributed by atoms with Gasteiger partial charge in [-0.15, -0.1) is 23.1 Å². The van der Waals surface area contributed by atoms with Crippen LogP contribution in [0.2, 0.25) is 10.0 Å². The number of nitrogen functional groups attached to an aromatic ring is 1. The van der Waals surface area contributed by atoms with E-state index in [1.54, 1.807) is 20.8 Å². The van der Waals surface area contributed by atoms with Crippen LogP contribution in [-0.2, 0) is 35.2 Å². The number of nitrogens with two attached hydrogens (primary N) is 1. The number of rotatable bonds is 9. The van der Waals surface area contributed by atoms with Crippen LogP contribution in [0.15, 0.2) is 27.9 Å². The summed E-state index contributed by atoms with van der Waals surface area (Å²) in [4.78, 5) is 62.2. The first-order valence-electron chi connectivity index (χ1n) is 13.1. The molecule has 2 aliphatic rings. The summed E-state index contributed by atoms with van der Waals surface area (Å²) in [6, 6.07) is 0.149. The van der Waals surface area contributed by atoms with E-state index in [0.717, 1.165) is 16.2 Å². The summed E-state index contributed by atoms with van der Waals surface area (Å²) in [6.07, 6.45) is -0.0959. The minimum Gasteiger partial charge on any atom is -0.503 e. The van der Waals surface area contributed by atoms with Crippen LogP contribution in [0, 0.1) is 0 Å². The smallest absolute Gasteiger partial charge is 0.353 e. The Labute approximate surface area is 275 Å². The molecule has 0 radical (unpaired) electrons. The van der Waals surface area contributed by atoms with Gasteiger partial charge in [0.25, 0.3) is 11.8 Å². The highest BCUT2D eigenvalue weighted by molar-refractivity contribution is 8.00. The lowest BCUT2D eigenvalue weighted by atomic mass is 9.98. The molecule has 0 spiro atoms. The van der Waals surface area contributed by atoms with Crippen molar-refractivity contribution in [1.29, 1.82) is 0 Å². The summed E-state index contributed by atoms with van der Waals surface area (Å²) in [5.74, 6) is -4.87. The van der Waals surface area contributed by atoms with E-state index in [1.165, 1.54) is 37.1 Å². The number of amides is 2. The fourth-order valence-electron chi connectivity index (χ4n) is 4.24. The number of esters is 1. The molecule has 0 aliphatic carbocycles. The zero-order chi connectivity index (χ0) is 33.6. The number of hydrogen-bond acceptors (Lipinski definition) is 13. The van der Waals surface area contributed by atoms with Gasteiger partial charge in [0.2, 0.25) is 5.60 Å². The largest absolute Gasteiger partial charge is 0.503 e. The van der Waals surface area contributed by atoms with Gasteiger partial charge in [-0.25, -0.2) is 14.6 Å². The van der Waals surface area contributed by atoms with Crippen molar-refractivity contribution in [2.24, 2.45) is 5.16 Å². The molecular formula is C27H29Cl2N5O9S2. The first-order valence-corrected chi connectivity index (χ1v) is 15.8. The van der Waals surface area contributed by atoms with Crippen molar-refractivity contribution in [3.05, 3.63) is 44.0 Å². The molecule has 3 heterocycles. The number of ether oxygens (including phenoxy) is 1. The molecular weight excluding hydrogens is 673 g/mol. The van der Waals surface area contributed by atoms with Crippen molar-refractivity contribution >= 4 is 80.9 Å². The molecule has 14 nitrogen and oxygen atoms in total. The summed E-state index contributed by atoms with van der Waals surface area (Å²) < 4.78 is 5.36. The average molecular weight is 703 g/mol. The van der Waals surface area contributed by atoms with Gasteiger partial charge in [-0.2, -0.15) is 0 Å². The number of carboxylic acids is 1. The Bertz CT molecular complexity index is 1650. The van der Waals surface area contributed by atoms with Crippen molar-refractivity contribution in [3.8, 4) is 11.5 Å². The fraction of sp³-hybridized carbons (Fsp3) is 0.407. The second-order valence-corrected chi connectivity index (χ2v) is 14.2. The van der Waals surface area contributed by atoms with E-state index in [4.69, 9.17) is 38.5 Å². The van der Waals surface area contributed by atoms with Gasteiger partial charge in [0.15, 0.2) is 22.3 Å². The van der Waals surface area contributed by atoms with Gasteiger partial charge in [-0.3, -0.25) is 14.5 Å². The highest BCUT2D eigenvalue weighted by Crippen LogP contribution is 2.45. The van der Waals surface area contributed by atoms with Crippen LogP contribution in [0.4, 0.5) is 5.13 Å². The highest BCUT2D eigenvalue weighted by atomic mass is 35.5. The molecule has 6 N–H and O–H groups in total. The summed E-state index contributed by atoms with van der Waals surface area (Å²) in [5.41, 5.74) is 3.20. The van der Waals surface area contributed by atoms with E-state index < -0.39 is 57.9 Å². The van der Waals surface area contributed by atoms with Crippen LogP contribution >= 0.6 is 46.3 Å². The van der Waals surface area contributed by atoms with Crippen molar-refractivity contribution in [1.82, 2.24) is 15.2 Å². The molecule has 0 saturated carbocycles. The standard InChI is InChI=1S/C27H29Cl2N5O9S2/c1-26(2,3)42-24(41)27(4,5)43-33-15(13-9-45-25(30)31-13)20(37)32-16-21(38)34-17(23(39)40)11(8-44-22(16)34)6-10-7-12(28)18(35)19(36)14(10)29/h7,9,16,22,35-36H,6,8H2,1-5H3,(H2,30,31)(H,32,37)(H,39,40)/b33-15+/t16?,22-/m1/s1. The molecule has 2 aromatic rings. The maximum Gasteiger partial charge on any atom is 0.353 e. The first kappa shape index (κ1) is 34.1.